The number of nitrogens with two attached hydrogens (primary N) is 2. The van der Waals surface area contributed by atoms with Gasteiger partial charge in [-0.2, -0.15) is 4.98 Å². The highest BCUT2D eigenvalue weighted by molar-refractivity contribution is 5.26. The molecule has 0 spiro atoms. The quantitative estimate of drug-likeness (QED) is 0.801. The van der Waals surface area contributed by atoms with E-state index in [1.54, 1.807) is 0 Å². The minimum atomic E-state index is -1.55. The molecule has 0 aliphatic rings. The number of benzene rings is 1. The maximum Gasteiger partial charge on any atom is 0.240 e. The molecular weight excluding hydrogens is 249 g/mol. The second-order valence-electron chi connectivity index (χ2n) is 3.53. The molecule has 5 nitrogen and oxygen atoms in total. The summed E-state index contributed by atoms with van der Waals surface area (Å²) >= 11 is 0. The lowest BCUT2D eigenvalue weighted by molar-refractivity contribution is 0.373. The first-order valence-corrected chi connectivity index (χ1v) is 4.95. The smallest absolute Gasteiger partial charge is 0.240 e. The van der Waals surface area contributed by atoms with Gasteiger partial charge < -0.3 is 16.0 Å². The summed E-state index contributed by atoms with van der Waals surface area (Å²) < 4.78 is 43.6. The average Bonchev–Trinajstić information content (AvgIpc) is 2.83. The summed E-state index contributed by atoms with van der Waals surface area (Å²) in [5.74, 6) is -4.06. The minimum Gasteiger partial charge on any atom is -0.338 e. The van der Waals surface area contributed by atoms with Gasteiger partial charge in [0.15, 0.2) is 23.3 Å². The highest BCUT2D eigenvalue weighted by Gasteiger charge is 2.19. The molecule has 0 aliphatic carbocycles. The van der Waals surface area contributed by atoms with Crippen molar-refractivity contribution in [3.8, 4) is 0 Å². The summed E-state index contributed by atoms with van der Waals surface area (Å²) in [5.41, 5.74) is 11.0. The third-order valence-electron chi connectivity index (χ3n) is 2.30. The fraction of sp³-hybridized carbons (Fsp3) is 0.200. The van der Waals surface area contributed by atoms with Crippen molar-refractivity contribution in [1.29, 1.82) is 0 Å². The molecule has 1 aromatic heterocycles. The lowest BCUT2D eigenvalue weighted by atomic mass is 10.1. The Kier molecular flexibility index (Phi) is 3.30. The van der Waals surface area contributed by atoms with E-state index in [1.165, 1.54) is 0 Å². The van der Waals surface area contributed by atoms with Gasteiger partial charge in [-0.1, -0.05) is 5.16 Å². The van der Waals surface area contributed by atoms with E-state index in [1.807, 2.05) is 0 Å². The van der Waals surface area contributed by atoms with E-state index in [-0.39, 0.29) is 23.8 Å². The number of halogens is 3. The number of nitrogens with zero attached hydrogens (tertiary/aromatic N) is 2. The first-order chi connectivity index (χ1) is 8.52. The van der Waals surface area contributed by atoms with E-state index in [2.05, 4.69) is 10.1 Å². The van der Waals surface area contributed by atoms with Crippen molar-refractivity contribution in [3.63, 3.8) is 0 Å². The molecule has 0 saturated carbocycles. The molecule has 0 saturated heterocycles. The molecule has 0 amide bonds. The molecule has 4 N–H and O–H groups in total. The standard InChI is InChI=1S/C10H9F3N4O/c11-5-1-4(2-6(12)8(5)13)9(15)10-16-7(3-14)18-17-10/h1-2,9H,3,14-15H2. The number of aromatic nitrogens is 2. The Morgan fingerprint density at radius 3 is 2.33 bits per heavy atom. The van der Waals surface area contributed by atoms with Crippen molar-refractivity contribution >= 4 is 0 Å². The van der Waals surface area contributed by atoms with Crippen LogP contribution < -0.4 is 11.5 Å². The zero-order chi connectivity index (χ0) is 13.3. The maximum absolute atomic E-state index is 13.0. The molecule has 1 heterocycles. The van der Waals surface area contributed by atoms with Crippen molar-refractivity contribution in [3.05, 3.63) is 46.9 Å². The first kappa shape index (κ1) is 12.5. The monoisotopic (exact) mass is 258 g/mol. The van der Waals surface area contributed by atoms with Gasteiger partial charge in [0.2, 0.25) is 5.89 Å². The first-order valence-electron chi connectivity index (χ1n) is 4.95. The van der Waals surface area contributed by atoms with Crippen LogP contribution in [0.25, 0.3) is 0 Å². The minimum absolute atomic E-state index is 0.00392. The molecule has 1 atom stereocenters. The van der Waals surface area contributed by atoms with E-state index >= 15 is 0 Å². The van der Waals surface area contributed by atoms with Crippen molar-refractivity contribution < 1.29 is 17.7 Å². The van der Waals surface area contributed by atoms with E-state index < -0.39 is 23.5 Å². The van der Waals surface area contributed by atoms with Crippen molar-refractivity contribution in [2.75, 3.05) is 0 Å². The lowest BCUT2D eigenvalue weighted by Gasteiger charge is -2.08. The average molecular weight is 258 g/mol. The Morgan fingerprint density at radius 2 is 1.83 bits per heavy atom. The third-order valence-corrected chi connectivity index (χ3v) is 2.30. The maximum atomic E-state index is 13.0. The number of hydrogen-bond donors (Lipinski definition) is 2. The number of hydrogen-bond acceptors (Lipinski definition) is 5. The Labute approximate surface area is 99.6 Å². The van der Waals surface area contributed by atoms with Crippen LogP contribution >= 0.6 is 0 Å². The topological polar surface area (TPSA) is 91.0 Å². The molecule has 2 aromatic rings. The van der Waals surface area contributed by atoms with Crippen molar-refractivity contribution in [2.45, 2.75) is 12.6 Å². The lowest BCUT2D eigenvalue weighted by Crippen LogP contribution is -2.15. The highest BCUT2D eigenvalue weighted by atomic mass is 19.2. The van der Waals surface area contributed by atoms with Gasteiger partial charge in [-0.25, -0.2) is 13.2 Å². The van der Waals surface area contributed by atoms with E-state index in [0.717, 1.165) is 12.1 Å². The van der Waals surface area contributed by atoms with Crippen LogP contribution in [-0.2, 0) is 6.54 Å². The summed E-state index contributed by atoms with van der Waals surface area (Å²) in [7, 11) is 0. The Morgan fingerprint density at radius 1 is 1.22 bits per heavy atom. The molecule has 2 rings (SSSR count). The van der Waals surface area contributed by atoms with Gasteiger partial charge in [-0.15, -0.1) is 0 Å². The predicted molar refractivity (Wildman–Crippen MR) is 54.5 cm³/mol. The third kappa shape index (κ3) is 2.20. The Balaban J connectivity index is 2.36. The number of rotatable bonds is 3. The van der Waals surface area contributed by atoms with Crippen LogP contribution in [0.15, 0.2) is 16.7 Å². The molecule has 1 unspecified atom stereocenters. The molecule has 96 valence electrons. The van der Waals surface area contributed by atoms with Crippen LogP contribution in [0.5, 0.6) is 0 Å². The Bertz CT molecular complexity index is 549. The second kappa shape index (κ2) is 4.75. The second-order valence-corrected chi connectivity index (χ2v) is 3.53. The molecule has 18 heavy (non-hydrogen) atoms. The van der Waals surface area contributed by atoms with Gasteiger partial charge in [-0.05, 0) is 17.7 Å². The SMILES string of the molecule is NCc1nc(C(N)c2cc(F)c(F)c(F)c2)no1. The summed E-state index contributed by atoms with van der Waals surface area (Å²) in [6.07, 6.45) is 0. The van der Waals surface area contributed by atoms with Crippen LogP contribution in [0.3, 0.4) is 0 Å². The largest absolute Gasteiger partial charge is 0.338 e. The van der Waals surface area contributed by atoms with E-state index in [0.29, 0.717) is 0 Å². The zero-order valence-electron chi connectivity index (χ0n) is 9.03. The Hall–Kier alpha value is -1.93. The molecule has 0 radical (unpaired) electrons. The van der Waals surface area contributed by atoms with Crippen LogP contribution in [0, 0.1) is 17.5 Å². The van der Waals surface area contributed by atoms with Gasteiger partial charge in [0, 0.05) is 0 Å². The van der Waals surface area contributed by atoms with Crippen LogP contribution in [0.2, 0.25) is 0 Å². The van der Waals surface area contributed by atoms with Gasteiger partial charge >= 0.3 is 0 Å². The molecule has 8 heteroatoms. The van der Waals surface area contributed by atoms with Crippen molar-refractivity contribution in [2.24, 2.45) is 11.5 Å². The molecule has 0 bridgehead atoms. The van der Waals surface area contributed by atoms with E-state index in [9.17, 15) is 13.2 Å². The highest BCUT2D eigenvalue weighted by Crippen LogP contribution is 2.21. The van der Waals surface area contributed by atoms with Gasteiger partial charge in [0.1, 0.15) is 0 Å². The molecule has 0 aliphatic heterocycles. The molecule has 0 fully saturated rings. The van der Waals surface area contributed by atoms with Crippen LogP contribution in [0.1, 0.15) is 23.3 Å². The summed E-state index contributed by atoms with van der Waals surface area (Å²) in [6, 6.07) is 0.530. The van der Waals surface area contributed by atoms with Crippen LogP contribution in [-0.4, -0.2) is 10.1 Å². The predicted octanol–water partition coefficient (Wildman–Crippen LogP) is 0.994. The fourth-order valence-corrected chi connectivity index (χ4v) is 1.38. The summed E-state index contributed by atoms with van der Waals surface area (Å²) in [5, 5.41) is 3.52. The van der Waals surface area contributed by atoms with Gasteiger partial charge in [0.25, 0.3) is 0 Å². The zero-order valence-corrected chi connectivity index (χ0v) is 9.03. The normalized spacial score (nSPS) is 12.7. The summed E-state index contributed by atoms with van der Waals surface area (Å²) in [6.45, 7) is 0.0197. The molecule has 1 aromatic carbocycles. The van der Waals surface area contributed by atoms with Gasteiger partial charge in [-0.3, -0.25) is 0 Å². The van der Waals surface area contributed by atoms with Crippen LogP contribution in [0.4, 0.5) is 13.2 Å². The van der Waals surface area contributed by atoms with E-state index in [4.69, 9.17) is 16.0 Å². The fourth-order valence-electron chi connectivity index (χ4n) is 1.38. The summed E-state index contributed by atoms with van der Waals surface area (Å²) in [4.78, 5) is 3.82. The molecular formula is C10H9F3N4O. The van der Waals surface area contributed by atoms with Gasteiger partial charge in [0.05, 0.1) is 12.6 Å². The van der Waals surface area contributed by atoms with Crippen molar-refractivity contribution in [1.82, 2.24) is 10.1 Å².